The molecule has 110 valence electrons. The predicted molar refractivity (Wildman–Crippen MR) is 85.6 cm³/mol. The van der Waals surface area contributed by atoms with Crippen LogP contribution in [0.25, 0.3) is 0 Å². The average Bonchev–Trinajstić information content (AvgIpc) is 2.39. The van der Waals surface area contributed by atoms with Crippen LogP contribution in [-0.2, 0) is 4.79 Å². The van der Waals surface area contributed by atoms with Crippen LogP contribution in [0.5, 0.6) is 5.75 Å². The Bertz CT molecular complexity index is 493. The fourth-order valence-electron chi connectivity index (χ4n) is 1.48. The number of carbonyl (C=O) groups is 1. The molecule has 20 heavy (non-hydrogen) atoms. The summed E-state index contributed by atoms with van der Waals surface area (Å²) in [5, 5.41) is 3.87. The lowest BCUT2D eigenvalue weighted by atomic mass is 10.3. The Morgan fingerprint density at radius 1 is 1.35 bits per heavy atom. The van der Waals surface area contributed by atoms with Crippen LogP contribution < -0.4 is 10.1 Å². The van der Waals surface area contributed by atoms with Crippen LogP contribution in [0.4, 0.5) is 0 Å². The maximum absolute atomic E-state index is 11.7. The number of carbonyl (C=O) groups excluding carboxylic acids is 1. The molecule has 1 rings (SSSR count). The molecular formula is C13H16Cl2N2O2S. The van der Waals surface area contributed by atoms with Crippen molar-refractivity contribution in [1.29, 1.82) is 0 Å². The van der Waals surface area contributed by atoms with Gasteiger partial charge in [-0.25, -0.2) is 0 Å². The summed E-state index contributed by atoms with van der Waals surface area (Å²) in [6, 6.07) is 4.80. The van der Waals surface area contributed by atoms with Gasteiger partial charge >= 0.3 is 0 Å². The number of benzene rings is 1. The molecule has 0 radical (unpaired) electrons. The van der Waals surface area contributed by atoms with E-state index in [0.29, 0.717) is 20.9 Å². The lowest BCUT2D eigenvalue weighted by Gasteiger charge is -2.21. The Labute approximate surface area is 134 Å². The Kier molecular flexibility index (Phi) is 7.05. The molecule has 0 aromatic heterocycles. The summed E-state index contributed by atoms with van der Waals surface area (Å²) >= 11 is 16.8. The maximum atomic E-state index is 11.7. The fourth-order valence-corrected chi connectivity index (χ4v) is 2.32. The zero-order valence-corrected chi connectivity index (χ0v) is 13.6. The molecule has 0 saturated carbocycles. The predicted octanol–water partition coefficient (Wildman–Crippen LogP) is 3.12. The third-order valence-corrected chi connectivity index (χ3v) is 3.44. The highest BCUT2D eigenvalue weighted by Crippen LogP contribution is 2.27. The third-order valence-electron chi connectivity index (χ3n) is 2.55. The number of hydrogen-bond donors (Lipinski definition) is 1. The van der Waals surface area contributed by atoms with Gasteiger partial charge in [0, 0.05) is 18.1 Å². The summed E-state index contributed by atoms with van der Waals surface area (Å²) in [6.07, 6.45) is 0. The fraction of sp³-hybridized carbons (Fsp3) is 0.385. The summed E-state index contributed by atoms with van der Waals surface area (Å²) in [7, 11) is 0. The second-order valence-corrected chi connectivity index (χ2v) is 5.12. The average molecular weight is 335 g/mol. The minimum atomic E-state index is -0.326. The van der Waals surface area contributed by atoms with E-state index in [2.05, 4.69) is 5.32 Å². The Morgan fingerprint density at radius 3 is 2.55 bits per heavy atom. The van der Waals surface area contributed by atoms with E-state index in [4.69, 9.17) is 40.2 Å². The van der Waals surface area contributed by atoms with Gasteiger partial charge < -0.3 is 15.0 Å². The van der Waals surface area contributed by atoms with Gasteiger partial charge in [-0.2, -0.15) is 0 Å². The molecule has 1 aromatic rings. The SMILES string of the molecule is CCN(CC)C(=S)NC(=O)COc1ccc(Cl)cc1Cl. The van der Waals surface area contributed by atoms with Crippen LogP contribution in [0.2, 0.25) is 10.0 Å². The van der Waals surface area contributed by atoms with Crippen molar-refractivity contribution in [2.45, 2.75) is 13.8 Å². The van der Waals surface area contributed by atoms with E-state index in [9.17, 15) is 4.79 Å². The Hall–Kier alpha value is -1.04. The lowest BCUT2D eigenvalue weighted by Crippen LogP contribution is -2.44. The van der Waals surface area contributed by atoms with Crippen LogP contribution in [-0.4, -0.2) is 35.6 Å². The number of halogens is 2. The van der Waals surface area contributed by atoms with E-state index in [0.717, 1.165) is 13.1 Å². The van der Waals surface area contributed by atoms with Crippen LogP contribution in [0.15, 0.2) is 18.2 Å². The molecule has 0 heterocycles. The third kappa shape index (κ3) is 5.15. The highest BCUT2D eigenvalue weighted by atomic mass is 35.5. The number of amides is 1. The van der Waals surface area contributed by atoms with E-state index in [-0.39, 0.29) is 12.5 Å². The minimum absolute atomic E-state index is 0.164. The first-order valence-corrected chi connectivity index (χ1v) is 7.31. The second kappa shape index (κ2) is 8.29. The molecule has 1 amide bonds. The van der Waals surface area contributed by atoms with Gasteiger partial charge in [0.15, 0.2) is 11.7 Å². The topological polar surface area (TPSA) is 41.6 Å². The van der Waals surface area contributed by atoms with E-state index in [1.165, 1.54) is 0 Å². The molecule has 0 fully saturated rings. The molecule has 1 aromatic carbocycles. The van der Waals surface area contributed by atoms with E-state index < -0.39 is 0 Å². The number of ether oxygens (including phenoxy) is 1. The number of nitrogens with one attached hydrogen (secondary N) is 1. The first kappa shape index (κ1) is 17.0. The number of rotatable bonds is 5. The first-order valence-electron chi connectivity index (χ1n) is 6.14. The monoisotopic (exact) mass is 334 g/mol. The molecule has 0 aliphatic rings. The number of nitrogens with zero attached hydrogens (tertiary/aromatic N) is 1. The standard InChI is InChI=1S/C13H16Cl2N2O2S/c1-3-17(4-2)13(20)16-12(18)8-19-11-6-5-9(14)7-10(11)15/h5-7H,3-4,8H2,1-2H3,(H,16,18,20). The second-order valence-electron chi connectivity index (χ2n) is 3.89. The van der Waals surface area contributed by atoms with Crippen molar-refractivity contribution in [1.82, 2.24) is 10.2 Å². The maximum Gasteiger partial charge on any atom is 0.264 e. The zero-order valence-electron chi connectivity index (χ0n) is 11.3. The van der Waals surface area contributed by atoms with Crippen LogP contribution >= 0.6 is 35.4 Å². The van der Waals surface area contributed by atoms with Crippen molar-refractivity contribution in [3.05, 3.63) is 28.2 Å². The van der Waals surface area contributed by atoms with Gasteiger partial charge in [-0.05, 0) is 44.3 Å². The molecule has 0 saturated heterocycles. The van der Waals surface area contributed by atoms with Gasteiger partial charge in [-0.1, -0.05) is 23.2 Å². The van der Waals surface area contributed by atoms with Crippen molar-refractivity contribution in [3.63, 3.8) is 0 Å². The van der Waals surface area contributed by atoms with Gasteiger partial charge in [0.25, 0.3) is 5.91 Å². The largest absolute Gasteiger partial charge is 0.482 e. The van der Waals surface area contributed by atoms with Gasteiger partial charge in [-0.15, -0.1) is 0 Å². The highest BCUT2D eigenvalue weighted by Gasteiger charge is 2.11. The Morgan fingerprint density at radius 2 is 2.00 bits per heavy atom. The van der Waals surface area contributed by atoms with Gasteiger partial charge in [0.05, 0.1) is 5.02 Å². The normalized spacial score (nSPS) is 10.0. The minimum Gasteiger partial charge on any atom is -0.482 e. The van der Waals surface area contributed by atoms with Crippen LogP contribution in [0.3, 0.4) is 0 Å². The summed E-state index contributed by atoms with van der Waals surface area (Å²) in [6.45, 7) is 5.24. The molecule has 7 heteroatoms. The van der Waals surface area contributed by atoms with Crippen molar-refractivity contribution in [2.75, 3.05) is 19.7 Å². The molecule has 0 unspecified atom stereocenters. The van der Waals surface area contributed by atoms with Gasteiger partial charge in [0.1, 0.15) is 5.75 Å². The summed E-state index contributed by atoms with van der Waals surface area (Å²) in [4.78, 5) is 13.6. The van der Waals surface area contributed by atoms with Gasteiger partial charge in [-0.3, -0.25) is 4.79 Å². The molecule has 0 aliphatic heterocycles. The molecule has 0 spiro atoms. The van der Waals surface area contributed by atoms with Crippen LogP contribution in [0, 0.1) is 0 Å². The molecular weight excluding hydrogens is 319 g/mol. The first-order chi connectivity index (χ1) is 9.47. The molecule has 0 bridgehead atoms. The van der Waals surface area contributed by atoms with Crippen molar-refractivity contribution < 1.29 is 9.53 Å². The molecule has 0 atom stereocenters. The smallest absolute Gasteiger partial charge is 0.264 e. The van der Waals surface area contributed by atoms with E-state index >= 15 is 0 Å². The van der Waals surface area contributed by atoms with Gasteiger partial charge in [0.2, 0.25) is 0 Å². The van der Waals surface area contributed by atoms with E-state index in [1.54, 1.807) is 18.2 Å². The lowest BCUT2D eigenvalue weighted by molar-refractivity contribution is -0.121. The number of thiocarbonyl (C=S) groups is 1. The van der Waals surface area contributed by atoms with Crippen molar-refractivity contribution in [2.24, 2.45) is 0 Å². The summed E-state index contributed by atoms with van der Waals surface area (Å²) in [5.41, 5.74) is 0. The molecule has 1 N–H and O–H groups in total. The zero-order chi connectivity index (χ0) is 15.1. The van der Waals surface area contributed by atoms with Crippen molar-refractivity contribution >= 4 is 46.4 Å². The van der Waals surface area contributed by atoms with Crippen LogP contribution in [0.1, 0.15) is 13.8 Å². The molecule has 0 aliphatic carbocycles. The summed E-state index contributed by atoms with van der Waals surface area (Å²) < 4.78 is 5.32. The Balaban J connectivity index is 2.49. The highest BCUT2D eigenvalue weighted by molar-refractivity contribution is 7.80. The quantitative estimate of drug-likeness (QED) is 0.840. The van der Waals surface area contributed by atoms with Crippen molar-refractivity contribution in [3.8, 4) is 5.75 Å². The summed E-state index contributed by atoms with van der Waals surface area (Å²) in [5.74, 6) is 0.0768. The number of hydrogen-bond acceptors (Lipinski definition) is 3. The van der Waals surface area contributed by atoms with E-state index in [1.807, 2.05) is 18.7 Å². The molecule has 4 nitrogen and oxygen atoms in total.